The van der Waals surface area contributed by atoms with E-state index in [1.165, 1.54) is 33.3 Å². The third-order valence-electron chi connectivity index (χ3n) is 9.17. The zero-order valence-electron chi connectivity index (χ0n) is 18.8. The maximum atomic E-state index is 13.4. The summed E-state index contributed by atoms with van der Waals surface area (Å²) in [4.78, 5) is 36.3. The summed E-state index contributed by atoms with van der Waals surface area (Å²) in [6.45, 7) is 3.73. The normalized spacial score (nSPS) is 41.2. The number of carbonyl (C=O) groups excluding carboxylic acids is 3. The lowest BCUT2D eigenvalue weighted by atomic mass is 9.52. The van der Waals surface area contributed by atoms with Gasteiger partial charge in [0, 0.05) is 25.7 Å². The van der Waals surface area contributed by atoms with Crippen LogP contribution in [0.2, 0.25) is 0 Å². The van der Waals surface area contributed by atoms with Crippen molar-refractivity contribution in [1.82, 2.24) is 0 Å². The maximum Gasteiger partial charge on any atom is 0.305 e. The molecule has 4 fully saturated rings. The summed E-state index contributed by atoms with van der Waals surface area (Å²) in [7, 11) is 1.44. The molecular weight excluding hydrogens is 380 g/mol. The highest BCUT2D eigenvalue weighted by Crippen LogP contribution is 2.59. The summed E-state index contributed by atoms with van der Waals surface area (Å²) in [5, 5.41) is 0. The molecular formula is C25H38O5. The van der Waals surface area contributed by atoms with Crippen molar-refractivity contribution in [2.24, 2.45) is 47.3 Å². The van der Waals surface area contributed by atoms with Crippen molar-refractivity contribution in [3.8, 4) is 0 Å². The van der Waals surface area contributed by atoms with Crippen LogP contribution in [0.4, 0.5) is 0 Å². The molecule has 0 radical (unpaired) electrons. The van der Waals surface area contributed by atoms with Gasteiger partial charge < -0.3 is 9.47 Å². The fraction of sp³-hybridized carbons (Fsp3) is 0.880. The van der Waals surface area contributed by atoms with E-state index in [-0.39, 0.29) is 24.0 Å². The van der Waals surface area contributed by atoms with E-state index in [1.807, 2.05) is 0 Å². The molecule has 9 unspecified atom stereocenters. The van der Waals surface area contributed by atoms with E-state index in [0.29, 0.717) is 53.6 Å². The number of carbonyl (C=O) groups is 3. The first-order valence-electron chi connectivity index (χ1n) is 12.2. The highest BCUT2D eigenvalue weighted by atomic mass is 16.5. The van der Waals surface area contributed by atoms with Crippen molar-refractivity contribution >= 4 is 17.7 Å². The van der Waals surface area contributed by atoms with Crippen molar-refractivity contribution in [3.05, 3.63) is 0 Å². The number of ketones is 1. The van der Waals surface area contributed by atoms with Crippen molar-refractivity contribution in [3.63, 3.8) is 0 Å². The second-order valence-corrected chi connectivity index (χ2v) is 10.6. The number of hydrogen-bond acceptors (Lipinski definition) is 5. The molecule has 0 saturated heterocycles. The standard InChI is InChI=1S/C25H38O5/c1-14(4-11-24(28)29-3)18-9-10-21-20-7-5-16-12-17(30-15(2)26)6-8-19(16)22(20)13-23(27)25(18)21/h14,16-22,25H,4-13H2,1-3H3. The van der Waals surface area contributed by atoms with Gasteiger partial charge >= 0.3 is 11.9 Å². The molecule has 0 bridgehead atoms. The van der Waals surface area contributed by atoms with E-state index in [9.17, 15) is 14.4 Å². The van der Waals surface area contributed by atoms with Gasteiger partial charge in [-0.25, -0.2) is 0 Å². The molecule has 0 spiro atoms. The van der Waals surface area contributed by atoms with Crippen LogP contribution in [0.25, 0.3) is 0 Å². The van der Waals surface area contributed by atoms with Crippen molar-refractivity contribution < 1.29 is 23.9 Å². The minimum Gasteiger partial charge on any atom is -0.469 e. The van der Waals surface area contributed by atoms with Crippen LogP contribution in [0.3, 0.4) is 0 Å². The molecule has 4 rings (SSSR count). The Balaban J connectivity index is 1.41. The van der Waals surface area contributed by atoms with Gasteiger partial charge in [0.05, 0.1) is 7.11 Å². The fourth-order valence-corrected chi connectivity index (χ4v) is 7.94. The van der Waals surface area contributed by atoms with Gasteiger partial charge in [-0.05, 0) is 92.8 Å². The van der Waals surface area contributed by atoms with Crippen LogP contribution in [0.1, 0.15) is 78.1 Å². The predicted octanol–water partition coefficient (Wildman–Crippen LogP) is 4.57. The SMILES string of the molecule is COC(=O)CCC(C)C1CCC2C3CCC4CC(OC(C)=O)CCC4C3CC(=O)C12. The lowest BCUT2D eigenvalue weighted by Gasteiger charge is -2.52. The average Bonchev–Trinajstić information content (AvgIpc) is 3.17. The number of ether oxygens (including phenoxy) is 2. The molecule has 0 aromatic heterocycles. The second kappa shape index (κ2) is 9.00. The summed E-state index contributed by atoms with van der Waals surface area (Å²) in [5.41, 5.74) is 0. The minimum atomic E-state index is -0.166. The summed E-state index contributed by atoms with van der Waals surface area (Å²) >= 11 is 0. The molecule has 4 aliphatic rings. The zero-order chi connectivity index (χ0) is 21.4. The van der Waals surface area contributed by atoms with Gasteiger partial charge in [0.2, 0.25) is 0 Å². The van der Waals surface area contributed by atoms with Gasteiger partial charge in [-0.3, -0.25) is 14.4 Å². The van der Waals surface area contributed by atoms with E-state index >= 15 is 0 Å². The van der Waals surface area contributed by atoms with E-state index in [0.717, 1.165) is 38.5 Å². The molecule has 0 aromatic carbocycles. The largest absolute Gasteiger partial charge is 0.469 e. The number of Topliss-reactive ketones (excluding diaryl/α,β-unsaturated/α-hetero) is 1. The van der Waals surface area contributed by atoms with Crippen LogP contribution in [-0.2, 0) is 23.9 Å². The number of esters is 2. The molecule has 0 heterocycles. The monoisotopic (exact) mass is 418 g/mol. The Kier molecular flexibility index (Phi) is 6.55. The van der Waals surface area contributed by atoms with Gasteiger partial charge in [0.25, 0.3) is 0 Å². The van der Waals surface area contributed by atoms with E-state index in [4.69, 9.17) is 9.47 Å². The lowest BCUT2D eigenvalue weighted by molar-refractivity contribution is -0.152. The number of methoxy groups -OCH3 is 1. The van der Waals surface area contributed by atoms with Gasteiger partial charge in [0.1, 0.15) is 11.9 Å². The Morgan fingerprint density at radius 1 is 1.00 bits per heavy atom. The second-order valence-electron chi connectivity index (χ2n) is 10.6. The fourth-order valence-electron chi connectivity index (χ4n) is 7.94. The van der Waals surface area contributed by atoms with Crippen molar-refractivity contribution in [1.29, 1.82) is 0 Å². The molecule has 5 heteroatoms. The van der Waals surface area contributed by atoms with Gasteiger partial charge in [-0.15, -0.1) is 0 Å². The number of hydrogen-bond donors (Lipinski definition) is 0. The van der Waals surface area contributed by atoms with Crippen LogP contribution < -0.4 is 0 Å². The highest BCUT2D eigenvalue weighted by molar-refractivity contribution is 5.83. The summed E-state index contributed by atoms with van der Waals surface area (Å²) in [5.74, 6) is 4.27. The van der Waals surface area contributed by atoms with Crippen molar-refractivity contribution in [2.75, 3.05) is 7.11 Å². The Morgan fingerprint density at radius 3 is 2.47 bits per heavy atom. The van der Waals surface area contributed by atoms with Gasteiger partial charge in [0.15, 0.2) is 0 Å². The van der Waals surface area contributed by atoms with Crippen LogP contribution in [0.15, 0.2) is 0 Å². The first-order chi connectivity index (χ1) is 14.4. The molecule has 4 saturated carbocycles. The molecule has 30 heavy (non-hydrogen) atoms. The Labute approximate surface area is 180 Å². The number of rotatable bonds is 5. The van der Waals surface area contributed by atoms with Crippen LogP contribution >= 0.6 is 0 Å². The molecule has 0 aliphatic heterocycles. The van der Waals surface area contributed by atoms with Gasteiger partial charge in [-0.2, -0.15) is 0 Å². The molecule has 0 N–H and O–H groups in total. The van der Waals surface area contributed by atoms with E-state index in [2.05, 4.69) is 6.92 Å². The summed E-state index contributed by atoms with van der Waals surface area (Å²) in [6.07, 6.45) is 9.94. The third kappa shape index (κ3) is 4.18. The summed E-state index contributed by atoms with van der Waals surface area (Å²) in [6, 6.07) is 0. The minimum absolute atomic E-state index is 0.0823. The molecule has 5 nitrogen and oxygen atoms in total. The number of fused-ring (bicyclic) bond motifs is 5. The highest BCUT2D eigenvalue weighted by Gasteiger charge is 2.55. The molecule has 168 valence electrons. The van der Waals surface area contributed by atoms with Crippen LogP contribution in [-0.4, -0.2) is 30.9 Å². The Bertz CT molecular complexity index is 672. The smallest absolute Gasteiger partial charge is 0.305 e. The Hall–Kier alpha value is -1.39. The van der Waals surface area contributed by atoms with Gasteiger partial charge in [-0.1, -0.05) is 6.92 Å². The predicted molar refractivity (Wildman–Crippen MR) is 112 cm³/mol. The lowest BCUT2D eigenvalue weighted by Crippen LogP contribution is -2.49. The molecule has 4 aliphatic carbocycles. The first kappa shape index (κ1) is 21.8. The summed E-state index contributed by atoms with van der Waals surface area (Å²) < 4.78 is 10.3. The quantitative estimate of drug-likeness (QED) is 0.612. The van der Waals surface area contributed by atoms with E-state index < -0.39 is 0 Å². The van der Waals surface area contributed by atoms with Crippen LogP contribution in [0.5, 0.6) is 0 Å². The first-order valence-corrected chi connectivity index (χ1v) is 12.2. The maximum absolute atomic E-state index is 13.4. The molecule has 0 aromatic rings. The van der Waals surface area contributed by atoms with E-state index in [1.54, 1.807) is 0 Å². The topological polar surface area (TPSA) is 69.7 Å². The van der Waals surface area contributed by atoms with Crippen molar-refractivity contribution in [2.45, 2.75) is 84.2 Å². The van der Waals surface area contributed by atoms with Crippen LogP contribution in [0, 0.1) is 47.3 Å². The molecule has 9 atom stereocenters. The average molecular weight is 419 g/mol. The molecule has 0 amide bonds. The zero-order valence-corrected chi connectivity index (χ0v) is 18.8. The third-order valence-corrected chi connectivity index (χ3v) is 9.17. The Morgan fingerprint density at radius 2 is 1.73 bits per heavy atom.